The number of halogens is 4. The van der Waals surface area contributed by atoms with Gasteiger partial charge >= 0.3 is 0 Å². The second-order valence-corrected chi connectivity index (χ2v) is 7.68. The van der Waals surface area contributed by atoms with Crippen LogP contribution >= 0.6 is 54.8 Å². The molecular formula is C12H6Br2ClFO2S. The molecule has 0 amide bonds. The molecule has 0 spiro atoms. The quantitative estimate of drug-likeness (QED) is 0.616. The maximum atomic E-state index is 13.2. The molecule has 1 heterocycles. The molecule has 7 heteroatoms. The van der Waals surface area contributed by atoms with E-state index in [0.717, 1.165) is 13.6 Å². The molecular weight excluding hydrogens is 422 g/mol. The van der Waals surface area contributed by atoms with Gasteiger partial charge in [0.2, 0.25) is 5.78 Å². The van der Waals surface area contributed by atoms with E-state index in [1.165, 1.54) is 23.5 Å². The number of Topliss-reactive ketones (excluding diaryl/α,β-unsaturated/α-hetero) is 1. The Morgan fingerprint density at radius 3 is 2.68 bits per heavy atom. The highest BCUT2D eigenvalue weighted by Crippen LogP contribution is 2.32. The molecule has 0 radical (unpaired) electrons. The summed E-state index contributed by atoms with van der Waals surface area (Å²) in [5.74, 6) is -0.504. The second-order valence-electron chi connectivity index (χ2n) is 3.53. The van der Waals surface area contributed by atoms with Crippen LogP contribution in [0.4, 0.5) is 4.39 Å². The van der Waals surface area contributed by atoms with Crippen LogP contribution in [-0.2, 0) is 0 Å². The average Bonchev–Trinajstić information content (AvgIpc) is 2.70. The molecule has 1 aromatic carbocycles. The van der Waals surface area contributed by atoms with E-state index in [1.54, 1.807) is 6.07 Å². The minimum Gasteiger partial charge on any atom is -0.485 e. The molecule has 0 saturated carbocycles. The average molecular weight is 429 g/mol. The van der Waals surface area contributed by atoms with E-state index in [9.17, 15) is 9.18 Å². The minimum atomic E-state index is -0.578. The van der Waals surface area contributed by atoms with Crippen LogP contribution in [0.2, 0.25) is 5.02 Å². The Kier molecular flexibility index (Phi) is 5.00. The van der Waals surface area contributed by atoms with Crippen molar-refractivity contribution in [3.8, 4) is 5.75 Å². The van der Waals surface area contributed by atoms with Crippen molar-refractivity contribution in [2.24, 2.45) is 0 Å². The van der Waals surface area contributed by atoms with E-state index in [0.29, 0.717) is 5.56 Å². The molecule has 0 aliphatic heterocycles. The van der Waals surface area contributed by atoms with Gasteiger partial charge in [-0.05, 0) is 50.1 Å². The van der Waals surface area contributed by atoms with E-state index < -0.39 is 5.82 Å². The summed E-state index contributed by atoms with van der Waals surface area (Å²) in [6.07, 6.45) is 0. The van der Waals surface area contributed by atoms with Gasteiger partial charge < -0.3 is 4.74 Å². The van der Waals surface area contributed by atoms with Crippen LogP contribution in [0.25, 0.3) is 0 Å². The van der Waals surface area contributed by atoms with Crippen molar-refractivity contribution in [3.05, 3.63) is 48.2 Å². The largest absolute Gasteiger partial charge is 0.485 e. The van der Waals surface area contributed by atoms with Gasteiger partial charge in [0.05, 0.1) is 12.6 Å². The molecule has 2 aromatic rings. The van der Waals surface area contributed by atoms with E-state index in [4.69, 9.17) is 16.3 Å². The maximum Gasteiger partial charge on any atom is 0.202 e. The number of carbonyl (C=O) groups excluding carboxylic acids is 1. The van der Waals surface area contributed by atoms with E-state index in [2.05, 4.69) is 31.9 Å². The van der Waals surface area contributed by atoms with Gasteiger partial charge in [-0.2, -0.15) is 0 Å². The third-order valence-electron chi connectivity index (χ3n) is 2.22. The molecule has 1 aromatic heterocycles. The summed E-state index contributed by atoms with van der Waals surface area (Å²) in [4.78, 5) is 11.9. The van der Waals surface area contributed by atoms with Crippen molar-refractivity contribution in [1.29, 1.82) is 0 Å². The molecule has 2 rings (SSSR count). The van der Waals surface area contributed by atoms with Crippen LogP contribution in [0.5, 0.6) is 5.75 Å². The Hall–Kier alpha value is -0.430. The van der Waals surface area contributed by atoms with Crippen molar-refractivity contribution in [1.82, 2.24) is 0 Å². The molecule has 0 atom stereocenters. The lowest BCUT2D eigenvalue weighted by Gasteiger charge is -2.05. The highest BCUT2D eigenvalue weighted by atomic mass is 79.9. The Balaban J connectivity index is 2.04. The van der Waals surface area contributed by atoms with E-state index in [1.807, 2.05) is 0 Å². The Morgan fingerprint density at radius 2 is 2.11 bits per heavy atom. The number of rotatable bonds is 4. The van der Waals surface area contributed by atoms with Crippen LogP contribution in [-0.4, -0.2) is 12.4 Å². The van der Waals surface area contributed by atoms with Gasteiger partial charge in [-0.1, -0.05) is 11.6 Å². The lowest BCUT2D eigenvalue weighted by atomic mass is 10.2. The fourth-order valence-electron chi connectivity index (χ4n) is 1.32. The summed E-state index contributed by atoms with van der Waals surface area (Å²) in [6, 6.07) is 5.75. The number of benzene rings is 1. The van der Waals surface area contributed by atoms with Crippen molar-refractivity contribution >= 4 is 60.6 Å². The molecule has 0 aliphatic carbocycles. The first-order chi connectivity index (χ1) is 8.97. The number of ether oxygens (including phenoxy) is 1. The fourth-order valence-corrected chi connectivity index (χ4v) is 4.30. The standard InChI is InChI=1S/C12H6Br2ClFO2S/c13-11-4-7(12(14)19-11)10(17)5-18-6-1-2-8(15)9(16)3-6/h1-4H,5H2. The van der Waals surface area contributed by atoms with Gasteiger partial charge in [0.25, 0.3) is 0 Å². The Morgan fingerprint density at radius 1 is 1.37 bits per heavy atom. The van der Waals surface area contributed by atoms with Crippen molar-refractivity contribution in [2.75, 3.05) is 6.61 Å². The van der Waals surface area contributed by atoms with Crippen LogP contribution in [0.15, 0.2) is 31.8 Å². The first-order valence-electron chi connectivity index (χ1n) is 5.03. The van der Waals surface area contributed by atoms with E-state index in [-0.39, 0.29) is 23.2 Å². The lowest BCUT2D eigenvalue weighted by molar-refractivity contribution is 0.0921. The van der Waals surface area contributed by atoms with Crippen LogP contribution in [0, 0.1) is 5.82 Å². The zero-order chi connectivity index (χ0) is 14.0. The number of carbonyl (C=O) groups is 1. The molecule has 0 fully saturated rings. The molecule has 0 saturated heterocycles. The third kappa shape index (κ3) is 3.78. The summed E-state index contributed by atoms with van der Waals surface area (Å²) >= 11 is 13.6. The molecule has 0 bridgehead atoms. The van der Waals surface area contributed by atoms with Gasteiger partial charge in [-0.3, -0.25) is 4.79 Å². The van der Waals surface area contributed by atoms with Gasteiger partial charge in [-0.25, -0.2) is 4.39 Å². The summed E-state index contributed by atoms with van der Waals surface area (Å²) in [5, 5.41) is 0.0168. The van der Waals surface area contributed by atoms with Crippen molar-refractivity contribution in [3.63, 3.8) is 0 Å². The van der Waals surface area contributed by atoms with Crippen LogP contribution in [0.3, 0.4) is 0 Å². The lowest BCUT2D eigenvalue weighted by Crippen LogP contribution is -2.11. The normalized spacial score (nSPS) is 10.5. The predicted molar refractivity (Wildman–Crippen MR) is 81.0 cm³/mol. The third-order valence-corrected chi connectivity index (χ3v) is 4.86. The molecule has 100 valence electrons. The monoisotopic (exact) mass is 426 g/mol. The number of thiophene rings is 1. The zero-order valence-electron chi connectivity index (χ0n) is 9.25. The van der Waals surface area contributed by atoms with E-state index >= 15 is 0 Å². The number of ketones is 1. The minimum absolute atomic E-state index is 0.0168. The SMILES string of the molecule is O=C(COc1ccc(Cl)c(F)c1)c1cc(Br)sc1Br. The Labute approximate surface area is 134 Å². The molecule has 0 aliphatic rings. The van der Waals surface area contributed by atoms with Gasteiger partial charge in [0, 0.05) is 11.6 Å². The molecule has 0 unspecified atom stereocenters. The van der Waals surface area contributed by atoms with Gasteiger partial charge in [0.15, 0.2) is 6.61 Å². The first kappa shape index (κ1) is 15.0. The van der Waals surface area contributed by atoms with Crippen LogP contribution < -0.4 is 4.74 Å². The first-order valence-corrected chi connectivity index (χ1v) is 7.81. The topological polar surface area (TPSA) is 26.3 Å². The maximum absolute atomic E-state index is 13.2. The second kappa shape index (κ2) is 6.35. The highest BCUT2D eigenvalue weighted by Gasteiger charge is 2.14. The smallest absolute Gasteiger partial charge is 0.202 e. The number of hydrogen-bond donors (Lipinski definition) is 0. The Bertz CT molecular complexity index is 630. The van der Waals surface area contributed by atoms with Crippen LogP contribution in [0.1, 0.15) is 10.4 Å². The highest BCUT2D eigenvalue weighted by molar-refractivity contribution is 9.12. The number of hydrogen-bond acceptors (Lipinski definition) is 3. The molecule has 2 nitrogen and oxygen atoms in total. The van der Waals surface area contributed by atoms with Gasteiger partial charge in [0.1, 0.15) is 11.6 Å². The van der Waals surface area contributed by atoms with Crippen molar-refractivity contribution < 1.29 is 13.9 Å². The molecule has 19 heavy (non-hydrogen) atoms. The molecule has 0 N–H and O–H groups in total. The predicted octanol–water partition coefficient (Wildman–Crippen LogP) is 5.33. The zero-order valence-corrected chi connectivity index (χ0v) is 14.0. The summed E-state index contributed by atoms with van der Waals surface area (Å²) < 4.78 is 20.0. The summed E-state index contributed by atoms with van der Waals surface area (Å²) in [5.41, 5.74) is 0.534. The van der Waals surface area contributed by atoms with Crippen molar-refractivity contribution in [2.45, 2.75) is 0 Å². The summed E-state index contributed by atoms with van der Waals surface area (Å²) in [6.45, 7) is -0.164. The summed E-state index contributed by atoms with van der Waals surface area (Å²) in [7, 11) is 0. The van der Waals surface area contributed by atoms with Gasteiger partial charge in [-0.15, -0.1) is 11.3 Å². The fraction of sp³-hybridized carbons (Fsp3) is 0.0833.